The molecule has 0 aliphatic heterocycles. The van der Waals surface area contributed by atoms with Crippen molar-refractivity contribution in [2.75, 3.05) is 5.32 Å². The Kier molecular flexibility index (Phi) is 5.53. The van der Waals surface area contributed by atoms with E-state index in [0.29, 0.717) is 38.2 Å². The molecule has 9 heteroatoms. The van der Waals surface area contributed by atoms with Gasteiger partial charge in [0.15, 0.2) is 5.82 Å². The second kappa shape index (κ2) is 8.42. The topological polar surface area (TPSA) is 99.0 Å². The van der Waals surface area contributed by atoms with Crippen LogP contribution in [-0.2, 0) is 0 Å². The fourth-order valence-electron chi connectivity index (χ4n) is 2.93. The molecule has 0 saturated carbocycles. The highest BCUT2D eigenvalue weighted by molar-refractivity contribution is 9.10. The molecule has 2 heterocycles. The first kappa shape index (κ1) is 19.7. The minimum Gasteiger partial charge on any atom is -0.457 e. The van der Waals surface area contributed by atoms with E-state index in [-0.39, 0.29) is 0 Å². The number of H-pyrrole nitrogens is 1. The molecule has 0 bridgehead atoms. The Morgan fingerprint density at radius 1 is 1.20 bits per heavy atom. The third kappa shape index (κ3) is 4.06. The molecule has 7 nitrogen and oxygen atoms in total. The van der Waals surface area contributed by atoms with Crippen LogP contribution < -0.4 is 15.5 Å². The monoisotopic (exact) mass is 466 g/mol. The summed E-state index contributed by atoms with van der Waals surface area (Å²) >= 11 is 3.21. The van der Waals surface area contributed by atoms with Crippen LogP contribution in [0.4, 0.5) is 15.9 Å². The molecule has 0 aliphatic rings. The Morgan fingerprint density at radius 2 is 2.07 bits per heavy atom. The van der Waals surface area contributed by atoms with Crippen molar-refractivity contribution in [3.8, 4) is 11.5 Å². The van der Waals surface area contributed by atoms with Gasteiger partial charge < -0.3 is 15.0 Å². The molecule has 4 aromatic rings. The van der Waals surface area contributed by atoms with Crippen LogP contribution in [0.15, 0.2) is 64.5 Å². The summed E-state index contributed by atoms with van der Waals surface area (Å²) in [4.78, 5) is 15.1. The highest BCUT2D eigenvalue weighted by atomic mass is 79.9. The molecule has 150 valence electrons. The van der Waals surface area contributed by atoms with Crippen LogP contribution in [0.2, 0.25) is 0 Å². The largest absolute Gasteiger partial charge is 0.457 e. The maximum Gasteiger partial charge on any atom is 0.150 e. The van der Waals surface area contributed by atoms with E-state index < -0.39 is 5.82 Å². The van der Waals surface area contributed by atoms with Crippen LogP contribution in [0.3, 0.4) is 0 Å². The lowest BCUT2D eigenvalue weighted by atomic mass is 10.2. The number of rotatable bonds is 5. The average Bonchev–Trinajstić information content (AvgIpc) is 2.73. The summed E-state index contributed by atoms with van der Waals surface area (Å²) < 4.78 is 20.9. The van der Waals surface area contributed by atoms with Crippen molar-refractivity contribution in [2.45, 2.75) is 6.92 Å². The van der Waals surface area contributed by atoms with E-state index in [1.165, 1.54) is 6.33 Å². The number of hydrogen-bond acceptors (Lipinski definition) is 5. The van der Waals surface area contributed by atoms with Crippen molar-refractivity contribution in [1.82, 2.24) is 15.0 Å². The van der Waals surface area contributed by atoms with Crippen LogP contribution in [0, 0.1) is 18.2 Å². The summed E-state index contributed by atoms with van der Waals surface area (Å²) in [6, 6.07) is 12.3. The molecular formula is C21H16BrFN6O. The molecule has 2 aromatic heterocycles. The van der Waals surface area contributed by atoms with Crippen molar-refractivity contribution >= 4 is 44.7 Å². The van der Waals surface area contributed by atoms with Crippen molar-refractivity contribution in [3.05, 3.63) is 76.3 Å². The first-order chi connectivity index (χ1) is 14.5. The molecule has 0 spiro atoms. The van der Waals surface area contributed by atoms with E-state index in [2.05, 4.69) is 41.2 Å². The van der Waals surface area contributed by atoms with Gasteiger partial charge in [0.1, 0.15) is 35.5 Å². The summed E-state index contributed by atoms with van der Waals surface area (Å²) in [6.45, 7) is 1.91. The van der Waals surface area contributed by atoms with Crippen LogP contribution in [-0.4, -0.2) is 21.3 Å². The molecular weight excluding hydrogens is 451 g/mol. The van der Waals surface area contributed by atoms with Gasteiger partial charge in [0.2, 0.25) is 0 Å². The number of hydrogen-bond donors (Lipinski definition) is 3. The normalized spacial score (nSPS) is 11.5. The van der Waals surface area contributed by atoms with Crippen molar-refractivity contribution in [2.24, 2.45) is 4.99 Å². The van der Waals surface area contributed by atoms with Gasteiger partial charge in [-0.2, -0.15) is 0 Å². The lowest BCUT2D eigenvalue weighted by Crippen LogP contribution is -2.06. The summed E-state index contributed by atoms with van der Waals surface area (Å²) in [6.07, 6.45) is 4.04. The minimum absolute atomic E-state index is 0.313. The Morgan fingerprint density at radius 3 is 2.87 bits per heavy atom. The highest BCUT2D eigenvalue weighted by Gasteiger charge is 2.13. The van der Waals surface area contributed by atoms with Gasteiger partial charge in [-0.3, -0.25) is 5.41 Å². The third-order valence-corrected chi connectivity index (χ3v) is 4.93. The van der Waals surface area contributed by atoms with Crippen LogP contribution >= 0.6 is 15.9 Å². The molecule has 0 atom stereocenters. The quantitative estimate of drug-likeness (QED) is 0.277. The molecule has 0 saturated heterocycles. The second-order valence-corrected chi connectivity index (χ2v) is 7.21. The van der Waals surface area contributed by atoms with Crippen molar-refractivity contribution < 1.29 is 9.13 Å². The predicted octanol–water partition coefficient (Wildman–Crippen LogP) is 5.21. The van der Waals surface area contributed by atoms with Gasteiger partial charge in [0, 0.05) is 18.0 Å². The number of aryl methyl sites for hydroxylation is 1. The van der Waals surface area contributed by atoms with E-state index in [0.717, 1.165) is 17.6 Å². The van der Waals surface area contributed by atoms with Crippen molar-refractivity contribution in [3.63, 3.8) is 0 Å². The number of pyridine rings is 1. The number of aromatic nitrogens is 3. The maximum atomic E-state index is 14.6. The van der Waals surface area contributed by atoms with Crippen molar-refractivity contribution in [1.29, 1.82) is 5.41 Å². The van der Waals surface area contributed by atoms with Gasteiger partial charge >= 0.3 is 0 Å². The summed E-state index contributed by atoms with van der Waals surface area (Å²) in [5.41, 5.74) is 2.64. The maximum absolute atomic E-state index is 14.6. The van der Waals surface area contributed by atoms with E-state index >= 15 is 0 Å². The number of anilines is 2. The molecule has 3 N–H and O–H groups in total. The molecule has 0 amide bonds. The number of aromatic amines is 1. The number of halogens is 2. The predicted molar refractivity (Wildman–Crippen MR) is 117 cm³/mol. The fourth-order valence-corrected chi connectivity index (χ4v) is 3.26. The van der Waals surface area contributed by atoms with Gasteiger partial charge in [0.25, 0.3) is 0 Å². The Bertz CT molecular complexity index is 1320. The lowest BCUT2D eigenvalue weighted by molar-refractivity contribution is 0.477. The van der Waals surface area contributed by atoms with Gasteiger partial charge in [-0.05, 0) is 64.8 Å². The molecule has 0 unspecified atom stereocenters. The summed E-state index contributed by atoms with van der Waals surface area (Å²) in [7, 11) is 0. The number of nitrogens with zero attached hydrogens (tertiary/aromatic N) is 3. The Labute approximate surface area is 179 Å². The zero-order chi connectivity index (χ0) is 21.1. The number of benzene rings is 2. The zero-order valence-corrected chi connectivity index (χ0v) is 17.4. The van der Waals surface area contributed by atoms with Gasteiger partial charge in [-0.1, -0.05) is 0 Å². The van der Waals surface area contributed by atoms with Gasteiger partial charge in [-0.15, -0.1) is 0 Å². The number of nitrogens with one attached hydrogen (secondary N) is 3. The van der Waals surface area contributed by atoms with E-state index in [4.69, 9.17) is 10.1 Å². The molecule has 30 heavy (non-hydrogen) atoms. The molecule has 0 fully saturated rings. The Balaban J connectivity index is 1.63. The van der Waals surface area contributed by atoms with E-state index in [9.17, 15) is 4.39 Å². The molecule has 0 radical (unpaired) electrons. The molecule has 0 aliphatic carbocycles. The highest BCUT2D eigenvalue weighted by Crippen LogP contribution is 2.32. The van der Waals surface area contributed by atoms with Crippen LogP contribution in [0.5, 0.6) is 11.5 Å². The van der Waals surface area contributed by atoms with E-state index in [1.54, 1.807) is 30.5 Å². The number of fused-ring (bicyclic) bond motifs is 1. The standard InChI is InChI=1S/C21H16BrFN6O/c1-12-8-13(2-5-17(12)30-14-6-7-25-18(9-14)26-10-24)29-21-19-16(27-11-28-21)4-3-15(22)20(19)23/h2-11H,1H3,(H2,24,25,26)(H,27,28,29). The van der Waals surface area contributed by atoms with Gasteiger partial charge in [-0.25, -0.2) is 19.4 Å². The summed E-state index contributed by atoms with van der Waals surface area (Å²) in [5, 5.41) is 10.5. The first-order valence-electron chi connectivity index (χ1n) is 8.91. The number of ether oxygens (including phenoxy) is 1. The Hall–Kier alpha value is -3.59. The third-order valence-electron chi connectivity index (χ3n) is 4.32. The summed E-state index contributed by atoms with van der Waals surface area (Å²) in [5.74, 6) is 1.21. The van der Waals surface area contributed by atoms with Crippen LogP contribution in [0.1, 0.15) is 5.56 Å². The molecule has 2 aromatic carbocycles. The van der Waals surface area contributed by atoms with Gasteiger partial charge in [0.05, 0.1) is 15.4 Å². The van der Waals surface area contributed by atoms with Crippen LogP contribution in [0.25, 0.3) is 10.9 Å². The zero-order valence-electron chi connectivity index (χ0n) is 15.8. The lowest BCUT2D eigenvalue weighted by Gasteiger charge is -2.13. The second-order valence-electron chi connectivity index (χ2n) is 6.35. The minimum atomic E-state index is -0.417. The SMILES string of the molecule is Cc1cc(Nc2ncnc3ccc(Br)c(F)c23)ccc1Oc1cc[nH]/c(=N\C=N)c1. The smallest absolute Gasteiger partial charge is 0.150 e. The first-order valence-corrected chi connectivity index (χ1v) is 9.70. The van der Waals surface area contributed by atoms with E-state index in [1.807, 2.05) is 25.1 Å². The average molecular weight is 467 g/mol. The molecule has 4 rings (SSSR count). The fraction of sp³-hybridized carbons (Fsp3) is 0.0476.